The molecule has 2 aromatic carbocycles. The zero-order valence-corrected chi connectivity index (χ0v) is 18.9. The Kier molecular flexibility index (Phi) is 7.99. The molecule has 1 aliphatic carbocycles. The summed E-state index contributed by atoms with van der Waals surface area (Å²) in [7, 11) is 0. The molecule has 174 valence electrons. The second-order valence-electron chi connectivity index (χ2n) is 8.98. The maximum Gasteiger partial charge on any atom is 0.416 e. The first-order valence-corrected chi connectivity index (χ1v) is 11.3. The van der Waals surface area contributed by atoms with Gasteiger partial charge in [0, 0.05) is 24.4 Å². The van der Waals surface area contributed by atoms with Crippen LogP contribution in [-0.4, -0.2) is 18.1 Å². The number of hydrogen-bond acceptors (Lipinski definition) is 3. The molecule has 0 heterocycles. The Morgan fingerprint density at radius 3 is 2.28 bits per heavy atom. The third-order valence-electron chi connectivity index (χ3n) is 6.21. The number of nitrogens with one attached hydrogen (secondary N) is 1. The summed E-state index contributed by atoms with van der Waals surface area (Å²) in [5, 5.41) is 3.70. The lowest BCUT2D eigenvalue weighted by atomic mass is 9.70. The Hall–Kier alpha value is -2.34. The highest BCUT2D eigenvalue weighted by atomic mass is 19.4. The first kappa shape index (κ1) is 24.3. The number of alkyl halides is 3. The number of rotatable bonds is 7. The monoisotopic (exact) mass is 447 g/mol. The van der Waals surface area contributed by atoms with Gasteiger partial charge in [-0.15, -0.1) is 0 Å². The number of esters is 1. The SMILES string of the molecule is CC(C)OC(=O)CC1CCCC(N[C@@H](C)c2ccccc2)C1c1ccc(C(F)(F)F)cc1. The predicted molar refractivity (Wildman–Crippen MR) is 119 cm³/mol. The van der Waals surface area contributed by atoms with Crippen LogP contribution < -0.4 is 5.32 Å². The van der Waals surface area contributed by atoms with E-state index < -0.39 is 11.7 Å². The maximum atomic E-state index is 13.1. The summed E-state index contributed by atoms with van der Waals surface area (Å²) >= 11 is 0. The van der Waals surface area contributed by atoms with E-state index in [0.717, 1.165) is 42.5 Å². The Labute approximate surface area is 188 Å². The summed E-state index contributed by atoms with van der Waals surface area (Å²) in [6.07, 6.45) is -1.60. The Morgan fingerprint density at radius 1 is 1.03 bits per heavy atom. The van der Waals surface area contributed by atoms with E-state index in [1.807, 2.05) is 32.0 Å². The Bertz CT molecular complexity index is 865. The zero-order valence-electron chi connectivity index (χ0n) is 18.9. The fourth-order valence-electron chi connectivity index (χ4n) is 4.79. The summed E-state index contributed by atoms with van der Waals surface area (Å²) in [6.45, 7) is 5.73. The molecule has 0 bridgehead atoms. The fourth-order valence-corrected chi connectivity index (χ4v) is 4.79. The van der Waals surface area contributed by atoms with Crippen LogP contribution in [0.1, 0.15) is 75.1 Å². The highest BCUT2D eigenvalue weighted by Gasteiger charge is 2.37. The van der Waals surface area contributed by atoms with Gasteiger partial charge in [0.15, 0.2) is 0 Å². The second kappa shape index (κ2) is 10.5. The van der Waals surface area contributed by atoms with Crippen LogP contribution in [0.2, 0.25) is 0 Å². The summed E-state index contributed by atoms with van der Waals surface area (Å²) < 4.78 is 44.7. The largest absolute Gasteiger partial charge is 0.463 e. The van der Waals surface area contributed by atoms with Gasteiger partial charge < -0.3 is 10.1 Å². The molecule has 0 spiro atoms. The minimum absolute atomic E-state index is 0.00668. The van der Waals surface area contributed by atoms with Gasteiger partial charge in [0.25, 0.3) is 0 Å². The van der Waals surface area contributed by atoms with Crippen LogP contribution in [0.5, 0.6) is 0 Å². The van der Waals surface area contributed by atoms with E-state index in [4.69, 9.17) is 4.74 Å². The summed E-state index contributed by atoms with van der Waals surface area (Å²) in [6, 6.07) is 15.6. The molecule has 0 radical (unpaired) electrons. The first-order valence-electron chi connectivity index (χ1n) is 11.3. The molecule has 3 nitrogen and oxygen atoms in total. The first-order chi connectivity index (χ1) is 15.1. The lowest BCUT2D eigenvalue weighted by Crippen LogP contribution is -2.43. The van der Waals surface area contributed by atoms with Crippen molar-refractivity contribution in [2.45, 2.75) is 76.7 Å². The number of halogens is 3. The van der Waals surface area contributed by atoms with Gasteiger partial charge in [0.2, 0.25) is 0 Å². The van der Waals surface area contributed by atoms with Crippen LogP contribution in [0.4, 0.5) is 13.2 Å². The Morgan fingerprint density at radius 2 is 1.69 bits per heavy atom. The molecule has 0 aliphatic heterocycles. The minimum atomic E-state index is -4.37. The van der Waals surface area contributed by atoms with Crippen molar-refractivity contribution in [3.63, 3.8) is 0 Å². The van der Waals surface area contributed by atoms with Crippen molar-refractivity contribution in [3.05, 3.63) is 71.3 Å². The van der Waals surface area contributed by atoms with Crippen LogP contribution in [0.3, 0.4) is 0 Å². The van der Waals surface area contributed by atoms with Gasteiger partial charge >= 0.3 is 12.1 Å². The van der Waals surface area contributed by atoms with Crippen LogP contribution in [0.25, 0.3) is 0 Å². The van der Waals surface area contributed by atoms with E-state index in [1.54, 1.807) is 12.1 Å². The average Bonchev–Trinajstić information content (AvgIpc) is 2.73. The van der Waals surface area contributed by atoms with Gasteiger partial charge in [-0.1, -0.05) is 48.9 Å². The van der Waals surface area contributed by atoms with E-state index in [-0.39, 0.29) is 42.4 Å². The van der Waals surface area contributed by atoms with E-state index in [0.29, 0.717) is 0 Å². The lowest BCUT2D eigenvalue weighted by Gasteiger charge is -2.40. The number of carbonyl (C=O) groups excluding carboxylic acids is 1. The molecule has 6 heteroatoms. The van der Waals surface area contributed by atoms with Crippen LogP contribution in [0.15, 0.2) is 54.6 Å². The quantitative estimate of drug-likeness (QED) is 0.483. The van der Waals surface area contributed by atoms with E-state index >= 15 is 0 Å². The standard InChI is InChI=1S/C26H32F3NO2/c1-17(2)32-24(31)16-21-10-7-11-23(30-18(3)19-8-5-4-6-9-19)25(21)20-12-14-22(15-13-20)26(27,28)29/h4-6,8-9,12-15,17-18,21,23,25,30H,7,10-11,16H2,1-3H3/t18-,21?,23?,25?/m0/s1. The third kappa shape index (κ3) is 6.35. The molecule has 3 unspecified atom stereocenters. The molecule has 0 saturated heterocycles. The topological polar surface area (TPSA) is 38.3 Å². The van der Waals surface area contributed by atoms with Crippen molar-refractivity contribution in [2.24, 2.45) is 5.92 Å². The number of hydrogen-bond donors (Lipinski definition) is 1. The fraction of sp³-hybridized carbons (Fsp3) is 0.500. The van der Waals surface area contributed by atoms with Crippen molar-refractivity contribution >= 4 is 5.97 Å². The molecular formula is C26H32F3NO2. The summed E-state index contributed by atoms with van der Waals surface area (Å²) in [5.41, 5.74) is 1.33. The minimum Gasteiger partial charge on any atom is -0.463 e. The van der Waals surface area contributed by atoms with Gasteiger partial charge in [-0.05, 0) is 62.8 Å². The molecule has 0 aromatic heterocycles. The summed E-state index contributed by atoms with van der Waals surface area (Å²) in [4.78, 5) is 12.4. The highest BCUT2D eigenvalue weighted by molar-refractivity contribution is 5.70. The number of benzene rings is 2. The van der Waals surface area contributed by atoms with E-state index in [2.05, 4.69) is 24.4 Å². The molecule has 1 N–H and O–H groups in total. The zero-order chi connectivity index (χ0) is 23.3. The molecule has 2 aromatic rings. The van der Waals surface area contributed by atoms with E-state index in [1.165, 1.54) is 0 Å². The lowest BCUT2D eigenvalue weighted by molar-refractivity contribution is -0.149. The molecule has 1 saturated carbocycles. The second-order valence-corrected chi connectivity index (χ2v) is 8.98. The molecule has 4 atom stereocenters. The molecule has 1 aliphatic rings. The van der Waals surface area contributed by atoms with Crippen LogP contribution in [-0.2, 0) is 15.7 Å². The summed E-state index contributed by atoms with van der Waals surface area (Å²) in [5.74, 6) is -0.317. The van der Waals surface area contributed by atoms with Gasteiger partial charge in [0.1, 0.15) is 0 Å². The Balaban J connectivity index is 1.87. The van der Waals surface area contributed by atoms with Crippen molar-refractivity contribution < 1.29 is 22.7 Å². The van der Waals surface area contributed by atoms with Crippen molar-refractivity contribution in [1.29, 1.82) is 0 Å². The predicted octanol–water partition coefficient (Wildman–Crippen LogP) is 6.65. The van der Waals surface area contributed by atoms with E-state index in [9.17, 15) is 18.0 Å². The third-order valence-corrected chi connectivity index (χ3v) is 6.21. The molecule has 32 heavy (non-hydrogen) atoms. The number of carbonyl (C=O) groups is 1. The van der Waals surface area contributed by atoms with Gasteiger partial charge in [-0.2, -0.15) is 13.2 Å². The number of ether oxygens (including phenoxy) is 1. The van der Waals surface area contributed by atoms with Crippen LogP contribution in [0, 0.1) is 5.92 Å². The normalized spacial score (nSPS) is 22.5. The average molecular weight is 448 g/mol. The molecular weight excluding hydrogens is 415 g/mol. The van der Waals surface area contributed by atoms with Crippen molar-refractivity contribution in [2.75, 3.05) is 0 Å². The van der Waals surface area contributed by atoms with Crippen LogP contribution >= 0.6 is 0 Å². The van der Waals surface area contributed by atoms with Gasteiger partial charge in [-0.3, -0.25) is 4.79 Å². The maximum absolute atomic E-state index is 13.1. The highest BCUT2D eigenvalue weighted by Crippen LogP contribution is 2.42. The molecule has 0 amide bonds. The molecule has 1 fully saturated rings. The van der Waals surface area contributed by atoms with Crippen molar-refractivity contribution in [1.82, 2.24) is 5.32 Å². The molecule has 3 rings (SSSR count). The van der Waals surface area contributed by atoms with Gasteiger partial charge in [0.05, 0.1) is 11.7 Å². The van der Waals surface area contributed by atoms with Gasteiger partial charge in [-0.25, -0.2) is 0 Å². The van der Waals surface area contributed by atoms with Crippen molar-refractivity contribution in [3.8, 4) is 0 Å². The smallest absolute Gasteiger partial charge is 0.416 e.